The molecule has 0 aliphatic heterocycles. The molecule has 0 aliphatic carbocycles. The van der Waals surface area contributed by atoms with Crippen molar-refractivity contribution in [1.29, 1.82) is 0 Å². The van der Waals surface area contributed by atoms with E-state index in [0.29, 0.717) is 28.1 Å². The first kappa shape index (κ1) is 16.9. The van der Waals surface area contributed by atoms with E-state index >= 15 is 0 Å². The molecule has 0 amide bonds. The molecule has 0 radical (unpaired) electrons. The van der Waals surface area contributed by atoms with Crippen LogP contribution in [-0.2, 0) is 10.0 Å². The minimum absolute atomic E-state index is 0.274. The molecule has 0 bridgehead atoms. The highest BCUT2D eigenvalue weighted by Crippen LogP contribution is 2.26. The lowest BCUT2D eigenvalue weighted by molar-refractivity contribution is 0.177. The number of nitrogen functional groups attached to an aromatic ring is 1. The molecule has 114 valence electrons. The zero-order chi connectivity index (χ0) is 15.5. The number of benzene rings is 1. The summed E-state index contributed by atoms with van der Waals surface area (Å²) in [6.07, 6.45) is -0.130. The van der Waals surface area contributed by atoms with E-state index in [4.69, 9.17) is 5.84 Å². The van der Waals surface area contributed by atoms with Gasteiger partial charge < -0.3 is 10.5 Å². The third kappa shape index (κ3) is 3.69. The summed E-state index contributed by atoms with van der Waals surface area (Å²) in [5.41, 5.74) is 4.47. The summed E-state index contributed by atoms with van der Waals surface area (Å²) in [5, 5.41) is 9.27. The van der Waals surface area contributed by atoms with Crippen molar-refractivity contribution in [3.05, 3.63) is 23.3 Å². The van der Waals surface area contributed by atoms with E-state index in [1.165, 1.54) is 11.4 Å². The van der Waals surface area contributed by atoms with Crippen molar-refractivity contribution in [1.82, 2.24) is 4.31 Å². The molecule has 0 heterocycles. The largest absolute Gasteiger partial charge is 0.393 e. The number of aliphatic hydroxyl groups is 1. The minimum Gasteiger partial charge on any atom is -0.393 e. The van der Waals surface area contributed by atoms with E-state index in [1.54, 1.807) is 32.9 Å². The number of hydrazine groups is 1. The molecule has 1 rings (SSSR count). The topological polar surface area (TPSA) is 95.7 Å². The van der Waals surface area contributed by atoms with E-state index in [0.717, 1.165) is 0 Å². The third-order valence-corrected chi connectivity index (χ3v) is 5.32. The van der Waals surface area contributed by atoms with Crippen molar-refractivity contribution in [2.24, 2.45) is 5.84 Å². The Morgan fingerprint density at radius 2 is 1.85 bits per heavy atom. The van der Waals surface area contributed by atoms with E-state index in [-0.39, 0.29) is 6.54 Å². The van der Waals surface area contributed by atoms with Crippen LogP contribution in [0, 0.1) is 13.8 Å². The van der Waals surface area contributed by atoms with Crippen LogP contribution in [0.1, 0.15) is 24.5 Å². The van der Waals surface area contributed by atoms with Gasteiger partial charge in [0.2, 0.25) is 10.0 Å². The average Bonchev–Trinajstić information content (AvgIpc) is 2.34. The van der Waals surface area contributed by atoms with Crippen molar-refractivity contribution in [3.8, 4) is 0 Å². The number of rotatable bonds is 6. The minimum atomic E-state index is -3.57. The number of nitrogens with zero attached hydrogens (tertiary/aromatic N) is 1. The smallest absolute Gasteiger partial charge is 0.243 e. The summed E-state index contributed by atoms with van der Waals surface area (Å²) in [4.78, 5) is 0.296. The number of aliphatic hydroxyl groups excluding tert-OH is 1. The second-order valence-electron chi connectivity index (χ2n) is 5.05. The molecule has 0 aromatic heterocycles. The van der Waals surface area contributed by atoms with Crippen LogP contribution in [0.15, 0.2) is 17.0 Å². The Labute approximate surface area is 120 Å². The summed E-state index contributed by atoms with van der Waals surface area (Å²) in [6.45, 7) is 5.39. The van der Waals surface area contributed by atoms with Crippen molar-refractivity contribution in [3.63, 3.8) is 0 Å². The predicted molar refractivity (Wildman–Crippen MR) is 79.8 cm³/mol. The van der Waals surface area contributed by atoms with Crippen LogP contribution in [0.2, 0.25) is 0 Å². The maximum atomic E-state index is 12.6. The maximum Gasteiger partial charge on any atom is 0.243 e. The quantitative estimate of drug-likeness (QED) is 0.538. The Balaban J connectivity index is 3.15. The standard InChI is InChI=1S/C13H23N3O3S/c1-9-7-12(15-14)8-10(2)13(9)20(18,19)16(4)6-5-11(3)17/h7-8,11,15,17H,5-6,14H2,1-4H3. The summed E-state index contributed by atoms with van der Waals surface area (Å²) >= 11 is 0. The number of hydrogen-bond acceptors (Lipinski definition) is 5. The Hall–Kier alpha value is -1.15. The van der Waals surface area contributed by atoms with E-state index in [9.17, 15) is 13.5 Å². The van der Waals surface area contributed by atoms with Gasteiger partial charge in [0, 0.05) is 19.3 Å². The van der Waals surface area contributed by atoms with Crippen molar-refractivity contribution < 1.29 is 13.5 Å². The predicted octanol–water partition coefficient (Wildman–Crippen LogP) is 0.980. The molecule has 1 atom stereocenters. The van der Waals surface area contributed by atoms with Crippen LogP contribution >= 0.6 is 0 Å². The fourth-order valence-electron chi connectivity index (χ4n) is 2.09. The zero-order valence-corrected chi connectivity index (χ0v) is 13.2. The first-order valence-corrected chi connectivity index (χ1v) is 7.86. The Bertz CT molecular complexity index is 547. The number of hydrogen-bond donors (Lipinski definition) is 3. The van der Waals surface area contributed by atoms with E-state index in [2.05, 4.69) is 5.43 Å². The lowest BCUT2D eigenvalue weighted by Crippen LogP contribution is -2.30. The highest BCUT2D eigenvalue weighted by atomic mass is 32.2. The molecule has 20 heavy (non-hydrogen) atoms. The summed E-state index contributed by atoms with van der Waals surface area (Å²) < 4.78 is 26.4. The molecular weight excluding hydrogens is 278 g/mol. The molecule has 6 nitrogen and oxygen atoms in total. The van der Waals surface area contributed by atoms with E-state index in [1.807, 2.05) is 0 Å². The monoisotopic (exact) mass is 301 g/mol. The van der Waals surface area contributed by atoms with Gasteiger partial charge in [0.15, 0.2) is 0 Å². The number of aryl methyl sites for hydroxylation is 2. The van der Waals surface area contributed by atoms with Crippen molar-refractivity contribution in [2.45, 2.75) is 38.2 Å². The number of nitrogens with one attached hydrogen (secondary N) is 1. The average molecular weight is 301 g/mol. The SMILES string of the molecule is Cc1cc(NN)cc(C)c1S(=O)(=O)N(C)CCC(C)O. The highest BCUT2D eigenvalue weighted by molar-refractivity contribution is 7.89. The molecule has 1 unspecified atom stereocenters. The van der Waals surface area contributed by atoms with Crippen LogP contribution in [0.5, 0.6) is 0 Å². The summed E-state index contributed by atoms with van der Waals surface area (Å²) in [5.74, 6) is 5.35. The van der Waals surface area contributed by atoms with E-state index < -0.39 is 16.1 Å². The van der Waals surface area contributed by atoms with Crippen LogP contribution in [0.25, 0.3) is 0 Å². The molecule has 0 fully saturated rings. The van der Waals surface area contributed by atoms with Gasteiger partial charge in [-0.15, -0.1) is 0 Å². The van der Waals surface area contributed by atoms with Gasteiger partial charge in [-0.1, -0.05) is 0 Å². The second-order valence-corrected chi connectivity index (χ2v) is 7.03. The molecule has 0 spiro atoms. The second kappa shape index (κ2) is 6.53. The van der Waals surface area contributed by atoms with Gasteiger partial charge in [-0.3, -0.25) is 5.84 Å². The molecule has 4 N–H and O–H groups in total. The molecule has 0 saturated carbocycles. The molecular formula is C13H23N3O3S. The summed E-state index contributed by atoms with van der Waals surface area (Å²) in [6, 6.07) is 3.39. The normalized spacial score (nSPS) is 13.6. The molecule has 0 aliphatic rings. The Morgan fingerprint density at radius 3 is 2.25 bits per heavy atom. The fraction of sp³-hybridized carbons (Fsp3) is 0.538. The van der Waals surface area contributed by atoms with Crippen LogP contribution in [0.3, 0.4) is 0 Å². The van der Waals surface area contributed by atoms with Crippen molar-refractivity contribution >= 4 is 15.7 Å². The molecule has 1 aromatic carbocycles. The maximum absolute atomic E-state index is 12.6. The first-order valence-electron chi connectivity index (χ1n) is 6.42. The van der Waals surface area contributed by atoms with Crippen LogP contribution in [-0.4, -0.2) is 37.5 Å². The lowest BCUT2D eigenvalue weighted by atomic mass is 10.1. The summed E-state index contributed by atoms with van der Waals surface area (Å²) in [7, 11) is -2.05. The Morgan fingerprint density at radius 1 is 1.35 bits per heavy atom. The third-order valence-electron chi connectivity index (χ3n) is 3.16. The van der Waals surface area contributed by atoms with Gasteiger partial charge in [-0.2, -0.15) is 0 Å². The lowest BCUT2D eigenvalue weighted by Gasteiger charge is -2.21. The van der Waals surface area contributed by atoms with Crippen molar-refractivity contribution in [2.75, 3.05) is 19.0 Å². The van der Waals surface area contributed by atoms with Gasteiger partial charge in [0.25, 0.3) is 0 Å². The fourth-order valence-corrected chi connectivity index (χ4v) is 3.67. The van der Waals surface area contributed by atoms with Gasteiger partial charge in [-0.05, 0) is 50.5 Å². The van der Waals surface area contributed by atoms with Gasteiger partial charge in [0.05, 0.1) is 11.0 Å². The highest BCUT2D eigenvalue weighted by Gasteiger charge is 2.25. The number of anilines is 1. The Kier molecular flexibility index (Phi) is 5.52. The van der Waals surface area contributed by atoms with Crippen LogP contribution < -0.4 is 11.3 Å². The zero-order valence-electron chi connectivity index (χ0n) is 12.3. The number of nitrogens with two attached hydrogens (primary N) is 1. The van der Waals surface area contributed by atoms with Crippen LogP contribution in [0.4, 0.5) is 5.69 Å². The van der Waals surface area contributed by atoms with Gasteiger partial charge in [0.1, 0.15) is 0 Å². The van der Waals surface area contributed by atoms with Gasteiger partial charge in [-0.25, -0.2) is 12.7 Å². The van der Waals surface area contributed by atoms with Gasteiger partial charge >= 0.3 is 0 Å². The number of sulfonamides is 1. The molecule has 0 saturated heterocycles. The molecule has 1 aromatic rings. The first-order chi connectivity index (χ1) is 9.20. The molecule has 7 heteroatoms.